The number of nitrogen functional groups attached to an aromatic ring is 1. The van der Waals surface area contributed by atoms with Gasteiger partial charge in [0.1, 0.15) is 0 Å². The van der Waals surface area contributed by atoms with Gasteiger partial charge in [-0.2, -0.15) is 0 Å². The van der Waals surface area contributed by atoms with Gasteiger partial charge in [0.15, 0.2) is 5.13 Å². The van der Waals surface area contributed by atoms with Gasteiger partial charge >= 0.3 is 0 Å². The summed E-state index contributed by atoms with van der Waals surface area (Å²) in [5, 5.41) is 3.81. The molecule has 0 radical (unpaired) electrons. The van der Waals surface area contributed by atoms with Crippen LogP contribution in [0.1, 0.15) is 11.7 Å². The Morgan fingerprint density at radius 3 is 2.90 bits per heavy atom. The molecular formula is C5H7N3S2. The van der Waals surface area contributed by atoms with Crippen LogP contribution < -0.4 is 11.5 Å². The second-order valence-corrected chi connectivity index (χ2v) is 2.93. The van der Waals surface area contributed by atoms with E-state index in [0.717, 1.165) is 5.69 Å². The Labute approximate surface area is 68.1 Å². The average molecular weight is 173 g/mol. The Hall–Kier alpha value is -0.520. The van der Waals surface area contributed by atoms with Crippen LogP contribution in [0.4, 0.5) is 5.13 Å². The molecule has 0 aliphatic rings. The van der Waals surface area contributed by atoms with E-state index in [1.807, 2.05) is 5.38 Å². The van der Waals surface area contributed by atoms with Crippen LogP contribution in [0.25, 0.3) is 0 Å². The quantitative estimate of drug-likeness (QED) is 0.647. The largest absolute Gasteiger partial charge is 0.375 e. The first-order chi connectivity index (χ1) is 4.74. The lowest BCUT2D eigenvalue weighted by molar-refractivity contribution is 0.950. The highest BCUT2D eigenvalue weighted by atomic mass is 32.1. The Morgan fingerprint density at radius 2 is 2.50 bits per heavy atom. The molecule has 5 heteroatoms. The zero-order chi connectivity index (χ0) is 7.56. The van der Waals surface area contributed by atoms with Crippen molar-refractivity contribution in [1.29, 1.82) is 0 Å². The maximum atomic E-state index is 5.54. The standard InChI is InChI=1S/C5H7N3S2/c6-3(1-9)4-2-10-5(7)8-4/h1-3H,6H2,(H2,7,8). The van der Waals surface area contributed by atoms with Crippen molar-refractivity contribution in [2.24, 2.45) is 5.73 Å². The summed E-state index contributed by atoms with van der Waals surface area (Å²) in [6.45, 7) is 0. The van der Waals surface area contributed by atoms with Crippen LogP contribution in [-0.2, 0) is 0 Å². The Kier molecular flexibility index (Phi) is 2.31. The van der Waals surface area contributed by atoms with E-state index in [1.54, 1.807) is 0 Å². The molecule has 1 rings (SSSR count). The molecule has 10 heavy (non-hydrogen) atoms. The fraction of sp³-hybridized carbons (Fsp3) is 0.200. The number of thiocarbonyl (C=S) groups is 1. The number of rotatable bonds is 2. The third-order valence-corrected chi connectivity index (χ3v) is 2.01. The van der Waals surface area contributed by atoms with E-state index in [9.17, 15) is 0 Å². The van der Waals surface area contributed by atoms with E-state index in [4.69, 9.17) is 11.5 Å². The van der Waals surface area contributed by atoms with E-state index in [0.29, 0.717) is 5.13 Å². The zero-order valence-corrected chi connectivity index (χ0v) is 6.78. The van der Waals surface area contributed by atoms with Gasteiger partial charge in [0.05, 0.1) is 11.7 Å². The monoisotopic (exact) mass is 173 g/mol. The number of hydrogen-bond acceptors (Lipinski definition) is 5. The van der Waals surface area contributed by atoms with Crippen molar-refractivity contribution < 1.29 is 0 Å². The van der Waals surface area contributed by atoms with Crippen molar-refractivity contribution >= 4 is 34.1 Å². The van der Waals surface area contributed by atoms with Crippen molar-refractivity contribution in [3.05, 3.63) is 11.1 Å². The van der Waals surface area contributed by atoms with E-state index >= 15 is 0 Å². The van der Waals surface area contributed by atoms with Crippen LogP contribution in [0.2, 0.25) is 0 Å². The highest BCUT2D eigenvalue weighted by Crippen LogP contribution is 2.14. The number of hydrogen-bond donors (Lipinski definition) is 2. The summed E-state index contributed by atoms with van der Waals surface area (Å²) >= 11 is 6.01. The summed E-state index contributed by atoms with van der Waals surface area (Å²) in [5.41, 5.74) is 11.7. The summed E-state index contributed by atoms with van der Waals surface area (Å²) in [7, 11) is 0. The fourth-order valence-electron chi connectivity index (χ4n) is 0.524. The van der Waals surface area contributed by atoms with Crippen molar-refractivity contribution in [3.8, 4) is 0 Å². The van der Waals surface area contributed by atoms with Crippen molar-refractivity contribution in [2.75, 3.05) is 5.73 Å². The fourth-order valence-corrected chi connectivity index (χ4v) is 1.27. The Morgan fingerprint density at radius 1 is 1.80 bits per heavy atom. The van der Waals surface area contributed by atoms with Crippen molar-refractivity contribution in [2.45, 2.75) is 6.04 Å². The second kappa shape index (κ2) is 3.05. The molecule has 1 unspecified atom stereocenters. The molecule has 1 atom stereocenters. The van der Waals surface area contributed by atoms with Gasteiger partial charge < -0.3 is 11.5 Å². The molecule has 0 aromatic carbocycles. The van der Waals surface area contributed by atoms with E-state index in [-0.39, 0.29) is 6.04 Å². The van der Waals surface area contributed by atoms with Gasteiger partial charge in [0.2, 0.25) is 0 Å². The summed E-state index contributed by atoms with van der Waals surface area (Å²) in [5.74, 6) is 0. The molecule has 4 N–H and O–H groups in total. The molecule has 1 aromatic rings. The highest BCUT2D eigenvalue weighted by Gasteiger charge is 2.04. The predicted octanol–water partition coefficient (Wildman–Crippen LogP) is 0.725. The average Bonchev–Trinajstić information content (AvgIpc) is 2.34. The van der Waals surface area contributed by atoms with Gasteiger partial charge in [-0.3, -0.25) is 0 Å². The minimum absolute atomic E-state index is 0.261. The van der Waals surface area contributed by atoms with Gasteiger partial charge in [0.25, 0.3) is 0 Å². The highest BCUT2D eigenvalue weighted by molar-refractivity contribution is 7.79. The van der Waals surface area contributed by atoms with Gasteiger partial charge in [-0.15, -0.1) is 11.3 Å². The van der Waals surface area contributed by atoms with E-state index < -0.39 is 0 Å². The van der Waals surface area contributed by atoms with Crippen LogP contribution in [0.5, 0.6) is 0 Å². The summed E-state index contributed by atoms with van der Waals surface area (Å²) in [4.78, 5) is 3.95. The first-order valence-corrected chi connectivity index (χ1v) is 4.01. The Balaban J connectivity index is 2.84. The van der Waals surface area contributed by atoms with Crippen LogP contribution in [-0.4, -0.2) is 10.4 Å². The molecule has 0 bridgehead atoms. The molecule has 54 valence electrons. The number of anilines is 1. The second-order valence-electron chi connectivity index (χ2n) is 1.77. The molecule has 0 spiro atoms. The van der Waals surface area contributed by atoms with Gasteiger partial charge in [-0.25, -0.2) is 4.98 Å². The Bertz CT molecular complexity index is 233. The third kappa shape index (κ3) is 1.50. The summed E-state index contributed by atoms with van der Waals surface area (Å²) < 4.78 is 0. The molecule has 0 saturated heterocycles. The van der Waals surface area contributed by atoms with Crippen LogP contribution in [0, 0.1) is 0 Å². The van der Waals surface area contributed by atoms with Crippen LogP contribution in [0.15, 0.2) is 5.38 Å². The van der Waals surface area contributed by atoms with Crippen molar-refractivity contribution in [1.82, 2.24) is 4.98 Å². The number of nitrogens with two attached hydrogens (primary N) is 2. The van der Waals surface area contributed by atoms with E-state index in [2.05, 4.69) is 17.2 Å². The van der Waals surface area contributed by atoms with E-state index in [1.165, 1.54) is 16.7 Å². The summed E-state index contributed by atoms with van der Waals surface area (Å²) in [6, 6.07) is -0.261. The maximum Gasteiger partial charge on any atom is 0.180 e. The minimum Gasteiger partial charge on any atom is -0.375 e. The first-order valence-electron chi connectivity index (χ1n) is 2.66. The molecule has 0 fully saturated rings. The van der Waals surface area contributed by atoms with Gasteiger partial charge in [-0.05, 0) is 0 Å². The normalized spacial score (nSPS) is 12.9. The van der Waals surface area contributed by atoms with Gasteiger partial charge in [0, 0.05) is 10.7 Å². The first kappa shape index (κ1) is 7.59. The minimum atomic E-state index is -0.261. The maximum absolute atomic E-state index is 5.54. The van der Waals surface area contributed by atoms with Crippen LogP contribution in [0.3, 0.4) is 0 Å². The smallest absolute Gasteiger partial charge is 0.180 e. The predicted molar refractivity (Wildman–Crippen MR) is 47.1 cm³/mol. The molecule has 0 amide bonds. The molecule has 3 nitrogen and oxygen atoms in total. The number of aromatic nitrogens is 1. The lowest BCUT2D eigenvalue weighted by Crippen LogP contribution is -2.10. The number of thiazole rings is 1. The van der Waals surface area contributed by atoms with Crippen molar-refractivity contribution in [3.63, 3.8) is 0 Å². The van der Waals surface area contributed by atoms with Gasteiger partial charge in [-0.1, -0.05) is 12.2 Å². The molecule has 0 aliphatic heterocycles. The topological polar surface area (TPSA) is 64.9 Å². The van der Waals surface area contributed by atoms with Crippen LogP contribution >= 0.6 is 23.6 Å². The molecule has 1 heterocycles. The zero-order valence-electron chi connectivity index (χ0n) is 5.15. The summed E-state index contributed by atoms with van der Waals surface area (Å²) in [6.07, 6.45) is 0. The molecule has 0 saturated carbocycles. The SMILES string of the molecule is Nc1nc(C(N)C=S)cs1. The lowest BCUT2D eigenvalue weighted by Gasteiger charge is -1.96. The molecule has 1 aromatic heterocycles. The molecule has 0 aliphatic carbocycles. The molecular weight excluding hydrogens is 166 g/mol. The third-order valence-electron chi connectivity index (χ3n) is 1.03. The number of nitrogens with zero attached hydrogens (tertiary/aromatic N) is 1. The lowest BCUT2D eigenvalue weighted by atomic mass is 10.3.